The van der Waals surface area contributed by atoms with Crippen LogP contribution >= 0.6 is 0 Å². The molecule has 120 valence electrons. The first-order valence-electron chi connectivity index (χ1n) is 7.85. The molecule has 0 radical (unpaired) electrons. The molecule has 0 aliphatic heterocycles. The van der Waals surface area contributed by atoms with Crippen molar-refractivity contribution in [2.45, 2.75) is 25.3 Å². The topological polar surface area (TPSA) is 52.3 Å². The molecular weight excluding hydrogens is 286 g/mol. The fraction of sp³-hybridized carbons (Fsp3) is 0.250. The molecule has 2 N–H and O–H groups in total. The van der Waals surface area contributed by atoms with Gasteiger partial charge >= 0.3 is 5.97 Å². The molecule has 0 aromatic heterocycles. The normalized spacial score (nSPS) is 13.7. The summed E-state index contributed by atoms with van der Waals surface area (Å²) in [7, 11) is 0. The highest BCUT2D eigenvalue weighted by molar-refractivity contribution is 5.81. The van der Waals surface area contributed by atoms with Crippen molar-refractivity contribution in [2.75, 3.05) is 6.61 Å². The average Bonchev–Trinajstić information content (AvgIpc) is 2.57. The van der Waals surface area contributed by atoms with Crippen LogP contribution in [0.5, 0.6) is 0 Å². The lowest BCUT2D eigenvalue weighted by Gasteiger charge is -2.26. The van der Waals surface area contributed by atoms with Crippen LogP contribution in [0.2, 0.25) is 0 Å². The number of benzene rings is 2. The van der Waals surface area contributed by atoms with E-state index in [4.69, 9.17) is 10.5 Å². The zero-order chi connectivity index (χ0) is 16.5. The van der Waals surface area contributed by atoms with E-state index in [0.29, 0.717) is 19.4 Å². The predicted molar refractivity (Wildman–Crippen MR) is 93.8 cm³/mol. The van der Waals surface area contributed by atoms with Gasteiger partial charge in [0, 0.05) is 6.42 Å². The van der Waals surface area contributed by atoms with E-state index >= 15 is 0 Å². The minimum atomic E-state index is -1.05. The highest BCUT2D eigenvalue weighted by Crippen LogP contribution is 2.18. The van der Waals surface area contributed by atoms with Crippen molar-refractivity contribution in [3.63, 3.8) is 0 Å². The van der Waals surface area contributed by atoms with Gasteiger partial charge in [-0.1, -0.05) is 72.8 Å². The van der Waals surface area contributed by atoms with Gasteiger partial charge in [0.25, 0.3) is 0 Å². The fourth-order valence-corrected chi connectivity index (χ4v) is 2.43. The Morgan fingerprint density at radius 2 is 1.70 bits per heavy atom. The van der Waals surface area contributed by atoms with E-state index in [0.717, 1.165) is 11.1 Å². The van der Waals surface area contributed by atoms with E-state index in [-0.39, 0.29) is 5.97 Å². The zero-order valence-electron chi connectivity index (χ0n) is 13.4. The number of ether oxygens (including phenoxy) is 1. The first kappa shape index (κ1) is 17.0. The third kappa shape index (κ3) is 5.08. The molecule has 2 rings (SSSR count). The average molecular weight is 309 g/mol. The summed E-state index contributed by atoms with van der Waals surface area (Å²) in [5, 5.41) is 0. The quantitative estimate of drug-likeness (QED) is 0.795. The Morgan fingerprint density at radius 1 is 1.09 bits per heavy atom. The Labute approximate surface area is 137 Å². The highest BCUT2D eigenvalue weighted by atomic mass is 16.5. The number of esters is 1. The summed E-state index contributed by atoms with van der Waals surface area (Å²) in [4.78, 5) is 12.3. The molecular formula is C20H23NO2. The Kier molecular flexibility index (Phi) is 6.12. The van der Waals surface area contributed by atoms with Crippen LogP contribution in [0.3, 0.4) is 0 Å². The third-order valence-corrected chi connectivity index (χ3v) is 3.64. The van der Waals surface area contributed by atoms with Crippen LogP contribution in [0, 0.1) is 0 Å². The summed E-state index contributed by atoms with van der Waals surface area (Å²) in [6.07, 6.45) is 4.79. The Bertz CT molecular complexity index is 637. The van der Waals surface area contributed by atoms with E-state index in [1.165, 1.54) is 0 Å². The lowest BCUT2D eigenvalue weighted by atomic mass is 9.88. The van der Waals surface area contributed by atoms with Crippen LogP contribution in [-0.4, -0.2) is 18.1 Å². The molecule has 2 aromatic rings. The molecule has 1 atom stereocenters. The molecule has 0 aliphatic rings. The molecule has 0 fully saturated rings. The van der Waals surface area contributed by atoms with E-state index in [9.17, 15) is 4.79 Å². The summed E-state index contributed by atoms with van der Waals surface area (Å²) in [6.45, 7) is 2.12. The van der Waals surface area contributed by atoms with E-state index < -0.39 is 5.54 Å². The maximum atomic E-state index is 12.3. The van der Waals surface area contributed by atoms with Crippen LogP contribution < -0.4 is 5.73 Å². The molecule has 2 aromatic carbocycles. The number of carbonyl (C=O) groups excluding carboxylic acids is 1. The van der Waals surface area contributed by atoms with Gasteiger partial charge in [0.1, 0.15) is 5.54 Å². The van der Waals surface area contributed by atoms with Gasteiger partial charge < -0.3 is 10.5 Å². The number of carbonyl (C=O) groups is 1. The van der Waals surface area contributed by atoms with Crippen LogP contribution in [0.1, 0.15) is 24.5 Å². The van der Waals surface area contributed by atoms with Crippen molar-refractivity contribution in [3.8, 4) is 0 Å². The second-order valence-corrected chi connectivity index (χ2v) is 5.56. The Hall–Kier alpha value is -2.39. The number of rotatable bonds is 7. The predicted octanol–water partition coefficient (Wildman–Crippen LogP) is 3.59. The van der Waals surface area contributed by atoms with Gasteiger partial charge in [0.05, 0.1) is 6.61 Å². The molecule has 0 spiro atoms. The Balaban J connectivity index is 2.13. The zero-order valence-corrected chi connectivity index (χ0v) is 13.4. The summed E-state index contributed by atoms with van der Waals surface area (Å²) < 4.78 is 5.18. The van der Waals surface area contributed by atoms with Crippen molar-refractivity contribution in [3.05, 3.63) is 77.9 Å². The molecule has 0 aliphatic carbocycles. The smallest absolute Gasteiger partial charge is 0.326 e. The minimum Gasteiger partial charge on any atom is -0.465 e. The second kappa shape index (κ2) is 8.30. The lowest BCUT2D eigenvalue weighted by Crippen LogP contribution is -2.50. The minimum absolute atomic E-state index is 0.328. The molecule has 0 amide bonds. The number of hydrogen-bond acceptors (Lipinski definition) is 3. The number of hydrogen-bond donors (Lipinski definition) is 1. The standard InChI is InChI=1S/C20H23NO2/c1-2-23-19(22)20(21,16-18-12-7-4-8-13-18)15-9-14-17-10-5-3-6-11-17/h3-14H,2,15-16,21H2,1H3/b14-9+. The summed E-state index contributed by atoms with van der Waals surface area (Å²) >= 11 is 0. The second-order valence-electron chi connectivity index (χ2n) is 5.56. The third-order valence-electron chi connectivity index (χ3n) is 3.64. The fourth-order valence-electron chi connectivity index (χ4n) is 2.43. The summed E-state index contributed by atoms with van der Waals surface area (Å²) in [5.74, 6) is -0.360. The molecule has 3 heteroatoms. The maximum Gasteiger partial charge on any atom is 0.326 e. The van der Waals surface area contributed by atoms with Crippen molar-refractivity contribution < 1.29 is 9.53 Å². The number of nitrogens with two attached hydrogens (primary N) is 1. The molecule has 1 unspecified atom stereocenters. The Morgan fingerprint density at radius 3 is 2.30 bits per heavy atom. The molecule has 0 saturated heterocycles. The van der Waals surface area contributed by atoms with Crippen LogP contribution in [-0.2, 0) is 16.0 Å². The molecule has 0 bridgehead atoms. The van der Waals surface area contributed by atoms with E-state index in [2.05, 4.69) is 0 Å². The van der Waals surface area contributed by atoms with Crippen LogP contribution in [0.25, 0.3) is 6.08 Å². The van der Waals surface area contributed by atoms with Crippen molar-refractivity contribution in [1.29, 1.82) is 0 Å². The van der Waals surface area contributed by atoms with Crippen molar-refractivity contribution >= 4 is 12.0 Å². The van der Waals surface area contributed by atoms with Gasteiger partial charge in [-0.05, 0) is 24.5 Å². The summed E-state index contributed by atoms with van der Waals surface area (Å²) in [6, 6.07) is 19.7. The molecule has 3 nitrogen and oxygen atoms in total. The van der Waals surface area contributed by atoms with Gasteiger partial charge in [-0.25, -0.2) is 0 Å². The SMILES string of the molecule is CCOC(=O)C(N)(C/C=C/c1ccccc1)Cc1ccccc1. The van der Waals surface area contributed by atoms with Gasteiger partial charge in [0.15, 0.2) is 0 Å². The lowest BCUT2D eigenvalue weighted by molar-refractivity contribution is -0.149. The first-order chi connectivity index (χ1) is 11.1. The van der Waals surface area contributed by atoms with Gasteiger partial charge in [-0.3, -0.25) is 4.79 Å². The van der Waals surface area contributed by atoms with Crippen molar-refractivity contribution in [1.82, 2.24) is 0 Å². The molecule has 23 heavy (non-hydrogen) atoms. The van der Waals surface area contributed by atoms with E-state index in [1.807, 2.05) is 72.8 Å². The monoisotopic (exact) mass is 309 g/mol. The highest BCUT2D eigenvalue weighted by Gasteiger charge is 2.34. The maximum absolute atomic E-state index is 12.3. The molecule has 0 heterocycles. The van der Waals surface area contributed by atoms with Gasteiger partial charge in [0.2, 0.25) is 0 Å². The van der Waals surface area contributed by atoms with Crippen LogP contribution in [0.4, 0.5) is 0 Å². The van der Waals surface area contributed by atoms with Crippen LogP contribution in [0.15, 0.2) is 66.7 Å². The summed E-state index contributed by atoms with van der Waals surface area (Å²) in [5.41, 5.74) is 7.45. The van der Waals surface area contributed by atoms with Crippen molar-refractivity contribution in [2.24, 2.45) is 5.73 Å². The van der Waals surface area contributed by atoms with E-state index in [1.54, 1.807) is 6.92 Å². The largest absolute Gasteiger partial charge is 0.465 e. The molecule has 0 saturated carbocycles. The van der Waals surface area contributed by atoms with Gasteiger partial charge in [-0.2, -0.15) is 0 Å². The van der Waals surface area contributed by atoms with Gasteiger partial charge in [-0.15, -0.1) is 0 Å². The first-order valence-corrected chi connectivity index (χ1v) is 7.85.